The van der Waals surface area contributed by atoms with E-state index in [2.05, 4.69) is 43.5 Å². The zero-order valence-electron chi connectivity index (χ0n) is 35.8. The van der Waals surface area contributed by atoms with Crippen molar-refractivity contribution in [2.75, 3.05) is 40.9 Å². The number of phosphoric ester groups is 1. The summed E-state index contributed by atoms with van der Waals surface area (Å²) >= 11 is 0. The Balaban J connectivity index is 4.51. The van der Waals surface area contributed by atoms with Crippen LogP contribution in [0.5, 0.6) is 0 Å². The van der Waals surface area contributed by atoms with Crippen LogP contribution in [0.2, 0.25) is 0 Å². The summed E-state index contributed by atoms with van der Waals surface area (Å²) in [7, 11) is 1.42. The van der Waals surface area contributed by atoms with Gasteiger partial charge in [0.15, 0.2) is 0 Å². The summed E-state index contributed by atoms with van der Waals surface area (Å²) in [6.45, 7) is 4.56. The Kier molecular flexibility index (Phi) is 35.6. The van der Waals surface area contributed by atoms with Gasteiger partial charge in [-0.25, -0.2) is 4.57 Å². The van der Waals surface area contributed by atoms with Gasteiger partial charge in [-0.1, -0.05) is 147 Å². The number of aliphatic hydroxyl groups is 2. The van der Waals surface area contributed by atoms with Gasteiger partial charge in [-0.2, -0.15) is 0 Å². The fourth-order valence-electron chi connectivity index (χ4n) is 6.37. The lowest BCUT2D eigenvalue weighted by atomic mass is 10.0. The van der Waals surface area contributed by atoms with Gasteiger partial charge in [0.2, 0.25) is 5.91 Å². The highest BCUT2D eigenvalue weighted by molar-refractivity contribution is 7.47. The van der Waals surface area contributed by atoms with Crippen molar-refractivity contribution in [2.45, 2.75) is 212 Å². The molecule has 320 valence electrons. The van der Waals surface area contributed by atoms with Gasteiger partial charge < -0.3 is 24.9 Å². The summed E-state index contributed by atoms with van der Waals surface area (Å²) in [6, 6.07) is -1.05. The van der Waals surface area contributed by atoms with E-state index in [1.54, 1.807) is 0 Å². The second-order valence-corrected chi connectivity index (χ2v) is 18.0. The Morgan fingerprint density at radius 1 is 0.630 bits per heavy atom. The van der Waals surface area contributed by atoms with E-state index in [9.17, 15) is 24.5 Å². The maximum Gasteiger partial charge on any atom is 0.472 e. The molecule has 0 heterocycles. The largest absolute Gasteiger partial charge is 0.472 e. The minimum absolute atomic E-state index is 0.0162. The van der Waals surface area contributed by atoms with Crippen LogP contribution in [0.15, 0.2) is 24.3 Å². The van der Waals surface area contributed by atoms with Crippen molar-refractivity contribution >= 4 is 13.7 Å². The Morgan fingerprint density at radius 2 is 1.04 bits per heavy atom. The van der Waals surface area contributed by atoms with Crippen molar-refractivity contribution < 1.29 is 38.0 Å². The highest BCUT2D eigenvalue weighted by atomic mass is 31.2. The minimum Gasteiger partial charge on any atom is -0.390 e. The molecule has 0 radical (unpaired) electrons. The Labute approximate surface area is 333 Å². The molecule has 54 heavy (non-hydrogen) atoms. The van der Waals surface area contributed by atoms with Crippen molar-refractivity contribution in [3.05, 3.63) is 24.3 Å². The summed E-state index contributed by atoms with van der Waals surface area (Å²) in [5.41, 5.74) is 0. The number of unbranched alkanes of at least 4 members (excludes halogenated alkanes) is 22. The third kappa shape index (κ3) is 36.6. The average molecular weight is 788 g/mol. The predicted molar refractivity (Wildman–Crippen MR) is 227 cm³/mol. The van der Waals surface area contributed by atoms with Crippen LogP contribution in [-0.2, 0) is 18.4 Å². The summed E-state index contributed by atoms with van der Waals surface area (Å²) in [4.78, 5) is 23.1. The molecule has 0 aromatic rings. The number of rotatable bonds is 40. The van der Waals surface area contributed by atoms with Crippen LogP contribution in [0.3, 0.4) is 0 Å². The number of amides is 1. The molecule has 0 aliphatic heterocycles. The number of quaternary nitrogens is 1. The molecule has 4 N–H and O–H groups in total. The molecule has 0 bridgehead atoms. The maximum absolute atomic E-state index is 12.9. The van der Waals surface area contributed by atoms with Crippen LogP contribution in [0.1, 0.15) is 194 Å². The summed E-state index contributed by atoms with van der Waals surface area (Å²) in [6.07, 6.45) is 38.1. The number of hydrogen-bond donors (Lipinski definition) is 4. The van der Waals surface area contributed by atoms with Crippen LogP contribution in [0, 0.1) is 0 Å². The number of hydrogen-bond acceptors (Lipinski definition) is 6. The van der Waals surface area contributed by atoms with Crippen LogP contribution in [0.25, 0.3) is 0 Å². The quantitative estimate of drug-likeness (QED) is 0.0211. The average Bonchev–Trinajstić information content (AvgIpc) is 3.12. The van der Waals surface area contributed by atoms with Gasteiger partial charge in [-0.3, -0.25) is 13.8 Å². The lowest BCUT2D eigenvalue weighted by molar-refractivity contribution is -0.870. The molecule has 0 spiro atoms. The zero-order valence-corrected chi connectivity index (χ0v) is 36.7. The lowest BCUT2D eigenvalue weighted by Crippen LogP contribution is -2.51. The number of carbonyl (C=O) groups excluding carboxylic acids is 1. The monoisotopic (exact) mass is 788 g/mol. The van der Waals surface area contributed by atoms with Crippen LogP contribution in [-0.4, -0.2) is 84.6 Å². The van der Waals surface area contributed by atoms with E-state index in [0.717, 1.165) is 44.9 Å². The summed E-state index contributed by atoms with van der Waals surface area (Å²) in [5.74, 6) is -0.273. The van der Waals surface area contributed by atoms with E-state index in [1.807, 2.05) is 21.1 Å². The topological polar surface area (TPSA) is 125 Å². The molecule has 0 aromatic carbocycles. The van der Waals surface area contributed by atoms with Gasteiger partial charge in [0.25, 0.3) is 0 Å². The standard InChI is InChI=1S/C44H87N2O7P/c1-6-8-10-12-14-16-18-20-21-22-23-24-25-27-29-31-33-35-37-43(48)45-41(40-53-54(50,51)52-39-38-46(3,4)5)44(49)42(47)36-34-32-30-28-26-19-17-15-13-11-9-7-2/h21-22,28,30,41-42,44,47,49H,6-20,23-27,29,31-40H2,1-5H3,(H-,45,48,50,51)/p+1/b22-21-,30-28+. The lowest BCUT2D eigenvalue weighted by Gasteiger charge is -2.28. The third-order valence-electron chi connectivity index (χ3n) is 10.0. The van der Waals surface area contributed by atoms with Crippen molar-refractivity contribution in [2.24, 2.45) is 0 Å². The van der Waals surface area contributed by atoms with E-state index < -0.39 is 32.7 Å². The van der Waals surface area contributed by atoms with Crippen molar-refractivity contribution in [3.8, 4) is 0 Å². The van der Waals surface area contributed by atoms with Gasteiger partial charge in [0, 0.05) is 6.42 Å². The smallest absolute Gasteiger partial charge is 0.390 e. The normalized spacial score (nSPS) is 15.2. The van der Waals surface area contributed by atoms with Crippen LogP contribution >= 0.6 is 7.82 Å². The Bertz CT molecular complexity index is 956. The Hall–Kier alpha value is -1.06. The molecule has 0 rings (SSSR count). The summed E-state index contributed by atoms with van der Waals surface area (Å²) < 4.78 is 23.5. The van der Waals surface area contributed by atoms with E-state index >= 15 is 0 Å². The van der Waals surface area contributed by atoms with E-state index in [0.29, 0.717) is 23.9 Å². The first kappa shape index (κ1) is 52.9. The SMILES string of the molecule is CCCCCCCCC/C=C\CCCCCCCCCC(=O)NC(COP(=O)(O)OCC[N+](C)(C)C)C(O)C(O)CCC/C=C/CCCCCCCCC. The molecule has 4 unspecified atom stereocenters. The van der Waals surface area contributed by atoms with Gasteiger partial charge in [-0.05, 0) is 64.2 Å². The van der Waals surface area contributed by atoms with E-state index in [-0.39, 0.29) is 18.9 Å². The fourth-order valence-corrected chi connectivity index (χ4v) is 7.11. The molecule has 0 saturated heterocycles. The maximum atomic E-state index is 12.9. The van der Waals surface area contributed by atoms with Crippen molar-refractivity contribution in [1.82, 2.24) is 5.32 Å². The Morgan fingerprint density at radius 3 is 1.48 bits per heavy atom. The molecular weight excluding hydrogens is 699 g/mol. The first-order valence-electron chi connectivity index (χ1n) is 22.3. The summed E-state index contributed by atoms with van der Waals surface area (Å²) in [5, 5.41) is 24.6. The predicted octanol–water partition coefficient (Wildman–Crippen LogP) is 11.1. The minimum atomic E-state index is -4.42. The molecule has 10 heteroatoms. The third-order valence-corrected chi connectivity index (χ3v) is 11.0. The van der Waals surface area contributed by atoms with Crippen molar-refractivity contribution in [1.29, 1.82) is 0 Å². The first-order valence-corrected chi connectivity index (χ1v) is 23.8. The molecule has 0 aliphatic rings. The molecular formula is C44H88N2O7P+. The zero-order chi connectivity index (χ0) is 40.2. The van der Waals surface area contributed by atoms with Gasteiger partial charge >= 0.3 is 7.82 Å². The second-order valence-electron chi connectivity index (χ2n) is 16.6. The highest BCUT2D eigenvalue weighted by Crippen LogP contribution is 2.43. The number of aliphatic hydroxyl groups excluding tert-OH is 2. The number of nitrogens with one attached hydrogen (secondary N) is 1. The van der Waals surface area contributed by atoms with Crippen LogP contribution < -0.4 is 5.32 Å². The molecule has 4 atom stereocenters. The fraction of sp³-hybridized carbons (Fsp3) is 0.886. The number of carbonyl (C=O) groups is 1. The van der Waals surface area contributed by atoms with Gasteiger partial charge in [0.1, 0.15) is 19.3 Å². The number of phosphoric acid groups is 1. The van der Waals surface area contributed by atoms with Crippen LogP contribution in [0.4, 0.5) is 0 Å². The van der Waals surface area contributed by atoms with E-state index in [4.69, 9.17) is 9.05 Å². The molecule has 9 nitrogen and oxygen atoms in total. The molecule has 0 aliphatic carbocycles. The van der Waals surface area contributed by atoms with Crippen molar-refractivity contribution in [3.63, 3.8) is 0 Å². The van der Waals surface area contributed by atoms with E-state index in [1.165, 1.54) is 116 Å². The number of likely N-dealkylation sites (N-methyl/N-ethyl adjacent to an activating group) is 1. The number of nitrogens with zero attached hydrogens (tertiary/aromatic N) is 1. The van der Waals surface area contributed by atoms with Gasteiger partial charge in [-0.15, -0.1) is 0 Å². The molecule has 1 amide bonds. The molecule has 0 aromatic heterocycles. The highest BCUT2D eigenvalue weighted by Gasteiger charge is 2.31. The molecule has 0 saturated carbocycles. The number of allylic oxidation sites excluding steroid dienone is 4. The molecule has 0 fully saturated rings. The first-order chi connectivity index (χ1) is 25.9. The van der Waals surface area contributed by atoms with Gasteiger partial charge in [0.05, 0.1) is 39.9 Å². The second kappa shape index (κ2) is 36.3.